The van der Waals surface area contributed by atoms with E-state index in [2.05, 4.69) is 0 Å². The molecule has 13 heavy (non-hydrogen) atoms. The predicted molar refractivity (Wildman–Crippen MR) is 48.8 cm³/mol. The third kappa shape index (κ3) is 2.21. The predicted octanol–water partition coefficient (Wildman–Crippen LogP) is 1.62. The van der Waals surface area contributed by atoms with Crippen LogP contribution in [0.25, 0.3) is 0 Å². The summed E-state index contributed by atoms with van der Waals surface area (Å²) in [7, 11) is 0. The molecule has 0 amide bonds. The number of carbonyl (C=O) groups is 1. The van der Waals surface area contributed by atoms with Crippen LogP contribution in [0.5, 0.6) is 11.5 Å². The van der Waals surface area contributed by atoms with Crippen molar-refractivity contribution in [1.29, 1.82) is 0 Å². The van der Waals surface area contributed by atoms with Crippen molar-refractivity contribution in [3.8, 4) is 11.5 Å². The number of benzene rings is 1. The van der Waals surface area contributed by atoms with Crippen LogP contribution in [0.4, 0.5) is 0 Å². The summed E-state index contributed by atoms with van der Waals surface area (Å²) in [5, 5.41) is 18.6. The van der Waals surface area contributed by atoms with Crippen LogP contribution >= 0.6 is 0 Å². The number of Topliss-reactive ketones (excluding diaryl/α,β-unsaturated/α-hetero) is 1. The van der Waals surface area contributed by atoms with Gasteiger partial charge in [0.15, 0.2) is 0 Å². The van der Waals surface area contributed by atoms with Crippen LogP contribution in [-0.4, -0.2) is 16.0 Å². The highest BCUT2D eigenvalue weighted by Crippen LogP contribution is 2.26. The van der Waals surface area contributed by atoms with Crippen molar-refractivity contribution < 1.29 is 15.0 Å². The third-order valence-electron chi connectivity index (χ3n) is 1.89. The molecule has 0 spiro atoms. The van der Waals surface area contributed by atoms with Crippen molar-refractivity contribution in [3.05, 3.63) is 23.8 Å². The summed E-state index contributed by atoms with van der Waals surface area (Å²) >= 11 is 0. The second-order valence-electron chi connectivity index (χ2n) is 2.84. The van der Waals surface area contributed by atoms with Crippen molar-refractivity contribution in [2.24, 2.45) is 0 Å². The second-order valence-corrected chi connectivity index (χ2v) is 2.84. The fourth-order valence-corrected chi connectivity index (χ4v) is 1.07. The van der Waals surface area contributed by atoms with Gasteiger partial charge in [0.05, 0.1) is 0 Å². The zero-order valence-corrected chi connectivity index (χ0v) is 7.45. The van der Waals surface area contributed by atoms with Crippen molar-refractivity contribution in [2.45, 2.75) is 19.8 Å². The maximum absolute atomic E-state index is 11.1. The molecule has 0 aromatic heterocycles. The van der Waals surface area contributed by atoms with Gasteiger partial charge >= 0.3 is 0 Å². The lowest BCUT2D eigenvalue weighted by atomic mass is 10.1. The first kappa shape index (κ1) is 9.58. The molecule has 3 heteroatoms. The van der Waals surface area contributed by atoms with Gasteiger partial charge in [-0.05, 0) is 12.1 Å². The first-order valence-electron chi connectivity index (χ1n) is 4.16. The molecule has 0 bridgehead atoms. The van der Waals surface area contributed by atoms with Gasteiger partial charge in [0.1, 0.15) is 17.3 Å². The molecule has 1 rings (SSSR count). The fourth-order valence-electron chi connectivity index (χ4n) is 1.07. The Hall–Kier alpha value is -1.51. The van der Waals surface area contributed by atoms with Crippen molar-refractivity contribution in [2.75, 3.05) is 0 Å². The Labute approximate surface area is 76.6 Å². The van der Waals surface area contributed by atoms with Gasteiger partial charge in [-0.2, -0.15) is 0 Å². The van der Waals surface area contributed by atoms with Gasteiger partial charge in [-0.3, -0.25) is 4.79 Å². The van der Waals surface area contributed by atoms with E-state index >= 15 is 0 Å². The fraction of sp³-hybridized carbons (Fsp3) is 0.300. The molecule has 1 aromatic carbocycles. The third-order valence-corrected chi connectivity index (χ3v) is 1.89. The molecule has 0 heterocycles. The SMILES string of the molecule is CCC(=O)Cc1c(O)cccc1O. The molecule has 0 atom stereocenters. The Morgan fingerprint density at radius 2 is 1.85 bits per heavy atom. The largest absolute Gasteiger partial charge is 0.508 e. The van der Waals surface area contributed by atoms with Gasteiger partial charge in [-0.15, -0.1) is 0 Å². The number of carbonyl (C=O) groups excluding carboxylic acids is 1. The normalized spacial score (nSPS) is 9.92. The first-order valence-corrected chi connectivity index (χ1v) is 4.16. The van der Waals surface area contributed by atoms with E-state index in [-0.39, 0.29) is 23.7 Å². The Balaban J connectivity index is 2.93. The Morgan fingerprint density at radius 3 is 2.31 bits per heavy atom. The maximum atomic E-state index is 11.1. The van der Waals surface area contributed by atoms with E-state index in [1.807, 2.05) is 0 Å². The van der Waals surface area contributed by atoms with Crippen LogP contribution in [0, 0.1) is 0 Å². The maximum Gasteiger partial charge on any atom is 0.137 e. The Morgan fingerprint density at radius 1 is 1.31 bits per heavy atom. The number of aromatic hydroxyl groups is 2. The molecule has 0 saturated carbocycles. The smallest absolute Gasteiger partial charge is 0.137 e. The molecule has 0 aliphatic heterocycles. The molecule has 0 aliphatic rings. The van der Waals surface area contributed by atoms with Crippen LogP contribution in [0.2, 0.25) is 0 Å². The van der Waals surface area contributed by atoms with E-state index in [0.717, 1.165) is 0 Å². The molecule has 0 radical (unpaired) electrons. The zero-order valence-electron chi connectivity index (χ0n) is 7.45. The highest BCUT2D eigenvalue weighted by Gasteiger charge is 2.09. The lowest BCUT2D eigenvalue weighted by molar-refractivity contribution is -0.118. The standard InChI is InChI=1S/C10H12O3/c1-2-7(11)6-8-9(12)4-3-5-10(8)13/h3-5,12-13H,2,6H2,1H3. The summed E-state index contributed by atoms with van der Waals surface area (Å²) in [5.74, 6) is -0.0552. The minimum atomic E-state index is -0.0261. The minimum absolute atomic E-state index is 0.00296. The highest BCUT2D eigenvalue weighted by atomic mass is 16.3. The van der Waals surface area contributed by atoms with Crippen molar-refractivity contribution in [3.63, 3.8) is 0 Å². The molecule has 0 aliphatic carbocycles. The molecule has 3 nitrogen and oxygen atoms in total. The number of phenols is 2. The second kappa shape index (κ2) is 3.94. The molecule has 0 fully saturated rings. The lowest BCUT2D eigenvalue weighted by Gasteiger charge is -2.04. The van der Waals surface area contributed by atoms with Crippen LogP contribution in [0.1, 0.15) is 18.9 Å². The van der Waals surface area contributed by atoms with Gasteiger partial charge < -0.3 is 10.2 Å². The van der Waals surface area contributed by atoms with Crippen molar-refractivity contribution >= 4 is 5.78 Å². The molecular weight excluding hydrogens is 168 g/mol. The summed E-state index contributed by atoms with van der Waals surface area (Å²) in [6, 6.07) is 4.45. The number of hydrogen-bond donors (Lipinski definition) is 2. The van der Waals surface area contributed by atoms with Gasteiger partial charge in [0.25, 0.3) is 0 Å². The number of hydrogen-bond acceptors (Lipinski definition) is 3. The van der Waals surface area contributed by atoms with Crippen LogP contribution in [-0.2, 0) is 11.2 Å². The van der Waals surface area contributed by atoms with Crippen LogP contribution in [0.3, 0.4) is 0 Å². The molecule has 70 valence electrons. The minimum Gasteiger partial charge on any atom is -0.508 e. The van der Waals surface area contributed by atoms with Gasteiger partial charge in [0.2, 0.25) is 0 Å². The van der Waals surface area contributed by atoms with E-state index in [9.17, 15) is 15.0 Å². The van der Waals surface area contributed by atoms with E-state index in [1.165, 1.54) is 18.2 Å². The zero-order chi connectivity index (χ0) is 9.84. The van der Waals surface area contributed by atoms with Crippen LogP contribution in [0.15, 0.2) is 18.2 Å². The molecule has 0 unspecified atom stereocenters. The lowest BCUT2D eigenvalue weighted by Crippen LogP contribution is -2.00. The molecule has 2 N–H and O–H groups in total. The van der Waals surface area contributed by atoms with E-state index in [0.29, 0.717) is 12.0 Å². The van der Waals surface area contributed by atoms with Crippen molar-refractivity contribution in [1.82, 2.24) is 0 Å². The summed E-state index contributed by atoms with van der Waals surface area (Å²) < 4.78 is 0. The molecule has 0 saturated heterocycles. The first-order chi connectivity index (χ1) is 6.15. The van der Waals surface area contributed by atoms with Crippen LogP contribution < -0.4 is 0 Å². The summed E-state index contributed by atoms with van der Waals surface area (Å²) in [6.07, 6.45) is 0.503. The Kier molecular flexibility index (Phi) is 2.90. The average molecular weight is 180 g/mol. The monoisotopic (exact) mass is 180 g/mol. The van der Waals surface area contributed by atoms with E-state index < -0.39 is 0 Å². The number of rotatable bonds is 3. The van der Waals surface area contributed by atoms with E-state index in [4.69, 9.17) is 0 Å². The summed E-state index contributed by atoms with van der Waals surface area (Å²) in [4.78, 5) is 11.1. The van der Waals surface area contributed by atoms with Gasteiger partial charge in [-0.25, -0.2) is 0 Å². The Bertz CT molecular complexity index is 298. The van der Waals surface area contributed by atoms with Gasteiger partial charge in [-0.1, -0.05) is 13.0 Å². The van der Waals surface area contributed by atoms with Gasteiger partial charge in [0, 0.05) is 18.4 Å². The van der Waals surface area contributed by atoms with E-state index in [1.54, 1.807) is 6.92 Å². The topological polar surface area (TPSA) is 57.5 Å². The number of ketones is 1. The molecular formula is C10H12O3. The number of phenolic OH excluding ortho intramolecular Hbond substituents is 2. The molecule has 1 aromatic rings. The summed E-state index contributed by atoms with van der Waals surface area (Å²) in [6.45, 7) is 1.75. The summed E-state index contributed by atoms with van der Waals surface area (Å²) in [5.41, 5.74) is 0.314. The highest BCUT2D eigenvalue weighted by molar-refractivity contribution is 5.82. The average Bonchev–Trinajstić information content (AvgIpc) is 2.11. The quantitative estimate of drug-likeness (QED) is 0.743.